The minimum absolute atomic E-state index is 0.0642. The molecular weight excluding hydrogens is 226 g/mol. The van der Waals surface area contributed by atoms with Gasteiger partial charge in [-0.1, -0.05) is 12.1 Å². The summed E-state index contributed by atoms with van der Waals surface area (Å²) in [5, 5.41) is 10.0. The predicted molar refractivity (Wildman–Crippen MR) is 69.7 cm³/mol. The van der Waals surface area contributed by atoms with Crippen LogP contribution in [0.4, 0.5) is 0 Å². The Balaban J connectivity index is 2.10. The lowest BCUT2D eigenvalue weighted by molar-refractivity contribution is -0.136. The molecule has 0 amide bonds. The second kappa shape index (κ2) is 4.41. The van der Waals surface area contributed by atoms with Gasteiger partial charge >= 0.3 is 5.97 Å². The summed E-state index contributed by atoms with van der Waals surface area (Å²) in [6.45, 7) is 0. The van der Waals surface area contributed by atoms with Crippen LogP contribution < -0.4 is 0 Å². The molecule has 0 atom stereocenters. The Morgan fingerprint density at radius 1 is 1.28 bits per heavy atom. The molecule has 0 spiro atoms. The number of hydrogen-bond donors (Lipinski definition) is 1. The monoisotopic (exact) mass is 241 g/mol. The second-order valence-electron chi connectivity index (χ2n) is 4.89. The van der Waals surface area contributed by atoms with E-state index in [1.807, 2.05) is 24.4 Å². The summed E-state index contributed by atoms with van der Waals surface area (Å²) < 4.78 is 0. The predicted octanol–water partition coefficient (Wildman–Crippen LogP) is 2.74. The molecule has 0 saturated heterocycles. The van der Waals surface area contributed by atoms with Crippen LogP contribution >= 0.6 is 0 Å². The molecule has 1 aliphatic carbocycles. The number of nitrogens with zero attached hydrogens (tertiary/aromatic N) is 1. The molecule has 1 N–H and O–H groups in total. The molecule has 0 bridgehead atoms. The van der Waals surface area contributed by atoms with E-state index in [4.69, 9.17) is 5.11 Å². The van der Waals surface area contributed by atoms with Gasteiger partial charge in [-0.05, 0) is 48.4 Å². The molecule has 3 heteroatoms. The third kappa shape index (κ3) is 1.96. The number of benzene rings is 1. The fraction of sp³-hybridized carbons (Fsp3) is 0.333. The Kier molecular flexibility index (Phi) is 2.74. The van der Waals surface area contributed by atoms with Crippen molar-refractivity contribution < 1.29 is 9.90 Å². The van der Waals surface area contributed by atoms with Crippen molar-refractivity contribution in [3.63, 3.8) is 0 Å². The average Bonchev–Trinajstić information content (AvgIpc) is 2.37. The van der Waals surface area contributed by atoms with Gasteiger partial charge < -0.3 is 5.11 Å². The van der Waals surface area contributed by atoms with Gasteiger partial charge in [0, 0.05) is 11.6 Å². The van der Waals surface area contributed by atoms with E-state index in [-0.39, 0.29) is 6.42 Å². The summed E-state index contributed by atoms with van der Waals surface area (Å²) in [6.07, 6.45) is 6.75. The lowest BCUT2D eigenvalue weighted by Gasteiger charge is -2.17. The van der Waals surface area contributed by atoms with Crippen LogP contribution in [0.25, 0.3) is 10.9 Å². The number of carbonyl (C=O) groups is 1. The first kappa shape index (κ1) is 11.2. The Morgan fingerprint density at radius 3 is 2.94 bits per heavy atom. The number of aliphatic carboxylic acids is 1. The Labute approximate surface area is 105 Å². The van der Waals surface area contributed by atoms with Gasteiger partial charge in [0.05, 0.1) is 11.9 Å². The molecule has 0 unspecified atom stereocenters. The van der Waals surface area contributed by atoms with Crippen LogP contribution in [0.5, 0.6) is 0 Å². The third-order valence-electron chi connectivity index (χ3n) is 3.61. The smallest absolute Gasteiger partial charge is 0.307 e. The highest BCUT2D eigenvalue weighted by Crippen LogP contribution is 2.28. The Bertz CT molecular complexity index is 619. The number of pyridine rings is 1. The summed E-state index contributed by atoms with van der Waals surface area (Å²) >= 11 is 0. The molecular formula is C15H15NO2. The van der Waals surface area contributed by atoms with Crippen molar-refractivity contribution in [1.29, 1.82) is 0 Å². The highest BCUT2D eigenvalue weighted by atomic mass is 16.4. The van der Waals surface area contributed by atoms with Crippen molar-refractivity contribution in [2.24, 2.45) is 0 Å². The van der Waals surface area contributed by atoms with Gasteiger partial charge in [0.1, 0.15) is 0 Å². The van der Waals surface area contributed by atoms with E-state index in [0.29, 0.717) is 0 Å². The van der Waals surface area contributed by atoms with Crippen LogP contribution in [0.1, 0.15) is 29.5 Å². The van der Waals surface area contributed by atoms with E-state index in [0.717, 1.165) is 23.9 Å². The largest absolute Gasteiger partial charge is 0.481 e. The molecule has 0 saturated carbocycles. The van der Waals surface area contributed by atoms with Gasteiger partial charge in [0.25, 0.3) is 0 Å². The maximum atomic E-state index is 10.7. The number of aromatic nitrogens is 1. The normalized spacial score (nSPS) is 14.4. The molecule has 0 aliphatic heterocycles. The molecule has 2 aromatic rings. The first-order chi connectivity index (χ1) is 8.74. The number of fused-ring (bicyclic) bond motifs is 3. The highest BCUT2D eigenvalue weighted by Gasteiger charge is 2.13. The number of aryl methyl sites for hydroxylation is 2. The summed E-state index contributed by atoms with van der Waals surface area (Å²) in [7, 11) is 0. The van der Waals surface area contributed by atoms with Crippen LogP contribution in [0.3, 0.4) is 0 Å². The fourth-order valence-electron chi connectivity index (χ4n) is 2.75. The van der Waals surface area contributed by atoms with Gasteiger partial charge in [0.15, 0.2) is 0 Å². The highest BCUT2D eigenvalue weighted by molar-refractivity contribution is 5.85. The van der Waals surface area contributed by atoms with Crippen molar-refractivity contribution in [3.05, 3.63) is 41.1 Å². The molecule has 1 aromatic heterocycles. The van der Waals surface area contributed by atoms with E-state index in [1.165, 1.54) is 29.4 Å². The summed E-state index contributed by atoms with van der Waals surface area (Å²) in [5.74, 6) is -0.799. The zero-order valence-electron chi connectivity index (χ0n) is 10.1. The zero-order valence-corrected chi connectivity index (χ0v) is 10.1. The van der Waals surface area contributed by atoms with Crippen molar-refractivity contribution >= 4 is 16.9 Å². The second-order valence-corrected chi connectivity index (χ2v) is 4.89. The van der Waals surface area contributed by atoms with E-state index in [2.05, 4.69) is 4.98 Å². The number of rotatable bonds is 2. The van der Waals surface area contributed by atoms with Crippen molar-refractivity contribution in [2.75, 3.05) is 0 Å². The van der Waals surface area contributed by atoms with E-state index in [9.17, 15) is 4.79 Å². The van der Waals surface area contributed by atoms with Gasteiger partial charge in [-0.25, -0.2) is 0 Å². The average molecular weight is 241 g/mol. The lowest BCUT2D eigenvalue weighted by atomic mass is 9.90. The summed E-state index contributed by atoms with van der Waals surface area (Å²) in [4.78, 5) is 15.2. The first-order valence-electron chi connectivity index (χ1n) is 6.35. The third-order valence-corrected chi connectivity index (χ3v) is 3.61. The number of carboxylic acid groups (broad SMARTS) is 1. The van der Waals surface area contributed by atoms with Crippen molar-refractivity contribution in [1.82, 2.24) is 4.98 Å². The van der Waals surface area contributed by atoms with Crippen LogP contribution in [-0.4, -0.2) is 16.1 Å². The maximum Gasteiger partial charge on any atom is 0.307 e. The molecule has 1 aliphatic rings. The lowest BCUT2D eigenvalue weighted by Crippen LogP contribution is -2.05. The Morgan fingerprint density at radius 2 is 2.11 bits per heavy atom. The van der Waals surface area contributed by atoms with Crippen LogP contribution in [-0.2, 0) is 24.1 Å². The molecule has 18 heavy (non-hydrogen) atoms. The van der Waals surface area contributed by atoms with Crippen LogP contribution in [0.2, 0.25) is 0 Å². The standard InChI is InChI=1S/C15H15NO2/c17-15(18)8-10-5-6-13-12-4-2-1-3-11(12)9-16-14(13)7-10/h5-7,9H,1-4,8H2,(H,17,18). The van der Waals surface area contributed by atoms with Crippen LogP contribution in [0.15, 0.2) is 24.4 Å². The molecule has 92 valence electrons. The summed E-state index contributed by atoms with van der Waals surface area (Å²) in [6, 6.07) is 5.84. The van der Waals surface area contributed by atoms with Gasteiger partial charge in [0.2, 0.25) is 0 Å². The van der Waals surface area contributed by atoms with E-state index >= 15 is 0 Å². The van der Waals surface area contributed by atoms with Gasteiger partial charge in [-0.3, -0.25) is 9.78 Å². The maximum absolute atomic E-state index is 10.7. The topological polar surface area (TPSA) is 50.2 Å². The minimum atomic E-state index is -0.799. The van der Waals surface area contributed by atoms with E-state index < -0.39 is 5.97 Å². The van der Waals surface area contributed by atoms with Gasteiger partial charge in [-0.2, -0.15) is 0 Å². The van der Waals surface area contributed by atoms with Crippen molar-refractivity contribution in [2.45, 2.75) is 32.1 Å². The molecule has 0 fully saturated rings. The van der Waals surface area contributed by atoms with E-state index in [1.54, 1.807) is 0 Å². The number of carboxylic acids is 1. The summed E-state index contributed by atoms with van der Waals surface area (Å²) in [5.41, 5.74) is 4.51. The molecule has 3 nitrogen and oxygen atoms in total. The minimum Gasteiger partial charge on any atom is -0.481 e. The quantitative estimate of drug-likeness (QED) is 0.879. The van der Waals surface area contributed by atoms with Gasteiger partial charge in [-0.15, -0.1) is 0 Å². The molecule has 0 radical (unpaired) electrons. The fourth-order valence-corrected chi connectivity index (χ4v) is 2.75. The molecule has 3 rings (SSSR count). The zero-order chi connectivity index (χ0) is 12.5. The molecule has 1 aromatic carbocycles. The SMILES string of the molecule is O=C(O)Cc1ccc2c3c(cnc2c1)CCCC3. The van der Waals surface area contributed by atoms with Crippen LogP contribution in [0, 0.1) is 0 Å². The molecule has 1 heterocycles. The Hall–Kier alpha value is -1.90. The van der Waals surface area contributed by atoms with Crippen molar-refractivity contribution in [3.8, 4) is 0 Å². The number of hydrogen-bond acceptors (Lipinski definition) is 2. The first-order valence-corrected chi connectivity index (χ1v) is 6.35.